The fourth-order valence-corrected chi connectivity index (χ4v) is 7.37. The summed E-state index contributed by atoms with van der Waals surface area (Å²) in [4.78, 5) is 0. The van der Waals surface area contributed by atoms with Crippen LogP contribution in [0.2, 0.25) is 0 Å². The molecular formula is C44H30S. The molecule has 0 aliphatic carbocycles. The van der Waals surface area contributed by atoms with Gasteiger partial charge in [-0.25, -0.2) is 0 Å². The van der Waals surface area contributed by atoms with E-state index in [0.29, 0.717) is 0 Å². The number of benzene rings is 9. The lowest BCUT2D eigenvalue weighted by molar-refractivity contribution is 1.64. The average molecular weight is 591 g/mol. The molecule has 212 valence electrons. The van der Waals surface area contributed by atoms with Gasteiger partial charge in [-0.05, 0) is 93.3 Å². The molecule has 0 unspecified atom stereocenters. The third-order valence-corrected chi connectivity index (χ3v) is 9.25. The third-order valence-electron chi connectivity index (χ3n) is 9.25. The summed E-state index contributed by atoms with van der Waals surface area (Å²) in [6, 6.07) is 62.3. The van der Waals surface area contributed by atoms with E-state index >= 15 is 0 Å². The van der Waals surface area contributed by atoms with Gasteiger partial charge in [0.05, 0.1) is 0 Å². The van der Waals surface area contributed by atoms with Gasteiger partial charge in [0.2, 0.25) is 0 Å². The van der Waals surface area contributed by atoms with Crippen LogP contribution in [0.4, 0.5) is 0 Å². The summed E-state index contributed by atoms with van der Waals surface area (Å²) in [5.41, 5.74) is 7.63. The Morgan fingerprint density at radius 3 is 1.27 bits per heavy atom. The molecule has 0 aromatic heterocycles. The van der Waals surface area contributed by atoms with Crippen molar-refractivity contribution >= 4 is 67.4 Å². The number of hydrogen-bond acceptors (Lipinski definition) is 0. The maximum absolute atomic E-state index is 2.38. The first kappa shape index (κ1) is 27.2. The van der Waals surface area contributed by atoms with Crippen molar-refractivity contribution in [1.29, 1.82) is 0 Å². The highest BCUT2D eigenvalue weighted by atomic mass is 32.1. The lowest BCUT2D eigenvalue weighted by Crippen LogP contribution is -1.93. The van der Waals surface area contributed by atoms with Crippen molar-refractivity contribution < 1.29 is 0 Å². The van der Waals surface area contributed by atoms with Crippen LogP contribution in [0, 0.1) is 0 Å². The van der Waals surface area contributed by atoms with E-state index in [0.717, 1.165) is 0 Å². The predicted octanol–water partition coefficient (Wildman–Crippen LogP) is 12.6. The van der Waals surface area contributed by atoms with Crippen LogP contribution in [-0.2, 0) is 0 Å². The molecule has 9 aromatic rings. The summed E-state index contributed by atoms with van der Waals surface area (Å²) in [5.74, 6) is 0. The molecule has 0 bridgehead atoms. The Morgan fingerprint density at radius 1 is 0.222 bits per heavy atom. The molecule has 0 aliphatic rings. The summed E-state index contributed by atoms with van der Waals surface area (Å²) in [5, 5.41) is 12.7. The molecule has 0 heterocycles. The van der Waals surface area contributed by atoms with Gasteiger partial charge in [-0.1, -0.05) is 164 Å². The first-order chi connectivity index (χ1) is 21.9. The predicted molar refractivity (Wildman–Crippen MR) is 201 cm³/mol. The monoisotopic (exact) mass is 590 g/mol. The van der Waals surface area contributed by atoms with Crippen LogP contribution in [0.1, 0.15) is 0 Å². The lowest BCUT2D eigenvalue weighted by atomic mass is 9.82. The molecule has 0 fully saturated rings. The minimum atomic E-state index is 0. The van der Waals surface area contributed by atoms with E-state index in [2.05, 4.69) is 170 Å². The first-order valence-electron chi connectivity index (χ1n) is 15.3. The second-order valence-electron chi connectivity index (χ2n) is 11.6. The van der Waals surface area contributed by atoms with Crippen LogP contribution in [0.5, 0.6) is 0 Å². The van der Waals surface area contributed by atoms with Gasteiger partial charge in [-0.3, -0.25) is 0 Å². The van der Waals surface area contributed by atoms with Gasteiger partial charge in [-0.15, -0.1) is 0 Å². The van der Waals surface area contributed by atoms with E-state index in [1.807, 2.05) is 0 Å². The Morgan fingerprint density at radius 2 is 0.622 bits per heavy atom. The van der Waals surface area contributed by atoms with E-state index in [-0.39, 0.29) is 13.5 Å². The van der Waals surface area contributed by atoms with E-state index in [4.69, 9.17) is 0 Å². The zero-order valence-corrected chi connectivity index (χ0v) is 25.7. The Kier molecular flexibility index (Phi) is 6.63. The Bertz CT molecular complexity index is 2500. The minimum Gasteiger partial charge on any atom is -0.197 e. The summed E-state index contributed by atoms with van der Waals surface area (Å²) in [6.07, 6.45) is 0. The number of fused-ring (bicyclic) bond motifs is 6. The maximum Gasteiger partial charge on any atom is -0.00201 e. The first-order valence-corrected chi connectivity index (χ1v) is 15.3. The highest BCUT2D eigenvalue weighted by molar-refractivity contribution is 7.59. The maximum atomic E-state index is 2.38. The summed E-state index contributed by atoms with van der Waals surface area (Å²) in [7, 11) is 0. The molecule has 9 rings (SSSR count). The molecular weight excluding hydrogens is 561 g/mol. The molecule has 45 heavy (non-hydrogen) atoms. The molecule has 0 saturated carbocycles. The van der Waals surface area contributed by atoms with Crippen molar-refractivity contribution in [1.82, 2.24) is 0 Å². The van der Waals surface area contributed by atoms with Crippen LogP contribution in [-0.4, -0.2) is 0 Å². The van der Waals surface area contributed by atoms with Crippen LogP contribution in [0.15, 0.2) is 170 Å². The normalized spacial score (nSPS) is 11.4. The van der Waals surface area contributed by atoms with Crippen molar-refractivity contribution in [3.8, 4) is 33.4 Å². The Hall–Kier alpha value is -5.37. The standard InChI is InChI=1S/C44H28.H2S/c1-3-17-31-29(14-1)16-13-27-36(31)43-38-23-9-11-25-40(38)44(41-26-12-10-24-39(41)43)37-22-8-7-21-35(37)42-28-30-15-2-4-18-32(30)33-19-5-6-20-34(33)42;/h1-28H;1H2. The van der Waals surface area contributed by atoms with Crippen molar-refractivity contribution in [2.24, 2.45) is 0 Å². The van der Waals surface area contributed by atoms with E-state index < -0.39 is 0 Å². The molecule has 0 aliphatic heterocycles. The molecule has 0 N–H and O–H groups in total. The van der Waals surface area contributed by atoms with Crippen molar-refractivity contribution in [2.75, 3.05) is 0 Å². The fraction of sp³-hybridized carbons (Fsp3) is 0. The zero-order chi connectivity index (χ0) is 29.0. The van der Waals surface area contributed by atoms with Gasteiger partial charge in [0.15, 0.2) is 0 Å². The summed E-state index contributed by atoms with van der Waals surface area (Å²) in [6.45, 7) is 0. The SMILES string of the molecule is S.c1ccc(-c2cc3ccccc3c3ccccc23)c(-c2c3ccccc3c(-c3cccc4ccccc34)c3ccccc23)c1. The third kappa shape index (κ3) is 4.23. The molecule has 1 heteroatoms. The quantitative estimate of drug-likeness (QED) is 0.142. The van der Waals surface area contributed by atoms with Gasteiger partial charge >= 0.3 is 0 Å². The van der Waals surface area contributed by atoms with Crippen molar-refractivity contribution in [2.45, 2.75) is 0 Å². The van der Waals surface area contributed by atoms with Gasteiger partial charge in [-0.2, -0.15) is 13.5 Å². The number of hydrogen-bond donors (Lipinski definition) is 0. The fourth-order valence-electron chi connectivity index (χ4n) is 7.37. The minimum absolute atomic E-state index is 0. The topological polar surface area (TPSA) is 0 Å². The molecule has 0 amide bonds. The second-order valence-corrected chi connectivity index (χ2v) is 11.6. The Balaban J connectivity index is 0.00000300. The number of rotatable bonds is 3. The molecule has 0 saturated heterocycles. The highest BCUT2D eigenvalue weighted by Crippen LogP contribution is 2.48. The summed E-state index contributed by atoms with van der Waals surface area (Å²) < 4.78 is 0. The van der Waals surface area contributed by atoms with Gasteiger partial charge in [0.25, 0.3) is 0 Å². The van der Waals surface area contributed by atoms with Crippen LogP contribution in [0.3, 0.4) is 0 Å². The van der Waals surface area contributed by atoms with Crippen molar-refractivity contribution in [3.63, 3.8) is 0 Å². The largest absolute Gasteiger partial charge is 0.197 e. The van der Waals surface area contributed by atoms with Gasteiger partial charge in [0.1, 0.15) is 0 Å². The van der Waals surface area contributed by atoms with E-state index in [1.54, 1.807) is 0 Å². The van der Waals surface area contributed by atoms with E-state index in [9.17, 15) is 0 Å². The molecule has 0 atom stereocenters. The second kappa shape index (κ2) is 11.0. The van der Waals surface area contributed by atoms with E-state index in [1.165, 1.54) is 87.2 Å². The molecule has 0 radical (unpaired) electrons. The van der Waals surface area contributed by atoms with Crippen LogP contribution in [0.25, 0.3) is 87.2 Å². The zero-order valence-electron chi connectivity index (χ0n) is 24.7. The van der Waals surface area contributed by atoms with Crippen LogP contribution < -0.4 is 0 Å². The molecule has 0 nitrogen and oxygen atoms in total. The van der Waals surface area contributed by atoms with Gasteiger partial charge in [0, 0.05) is 0 Å². The summed E-state index contributed by atoms with van der Waals surface area (Å²) >= 11 is 0. The smallest absolute Gasteiger partial charge is 0.00201 e. The van der Waals surface area contributed by atoms with Gasteiger partial charge < -0.3 is 0 Å². The highest BCUT2D eigenvalue weighted by Gasteiger charge is 2.20. The lowest BCUT2D eigenvalue weighted by Gasteiger charge is -2.21. The molecule has 9 aromatic carbocycles. The van der Waals surface area contributed by atoms with Crippen LogP contribution >= 0.6 is 13.5 Å². The average Bonchev–Trinajstić information content (AvgIpc) is 3.10. The van der Waals surface area contributed by atoms with Crippen molar-refractivity contribution in [3.05, 3.63) is 170 Å². The molecule has 0 spiro atoms. The Labute approximate surface area is 269 Å².